The lowest BCUT2D eigenvalue weighted by molar-refractivity contribution is -0.145. The number of ketones is 1. The van der Waals surface area contributed by atoms with Crippen LogP contribution in [0, 0.1) is 0 Å². The molecule has 1 rings (SSSR count). The van der Waals surface area contributed by atoms with Crippen LogP contribution in [0.1, 0.15) is 32.6 Å². The summed E-state index contributed by atoms with van der Waals surface area (Å²) in [5.41, 5.74) is 0. The maximum Gasteiger partial charge on any atom is 0.321 e. The lowest BCUT2D eigenvalue weighted by Gasteiger charge is -2.29. The largest absolute Gasteiger partial charge is 0.480 e. The van der Waals surface area contributed by atoms with Gasteiger partial charge >= 0.3 is 11.9 Å². The van der Waals surface area contributed by atoms with E-state index in [-0.39, 0.29) is 25.3 Å². The molecule has 154 valence electrons. The van der Waals surface area contributed by atoms with Gasteiger partial charge in [0.1, 0.15) is 18.1 Å². The summed E-state index contributed by atoms with van der Waals surface area (Å²) in [5.74, 6) is -1.89. The highest BCUT2D eigenvalue weighted by molar-refractivity contribution is 5.80. The van der Waals surface area contributed by atoms with Crippen LogP contribution in [0.3, 0.4) is 0 Å². The molecule has 0 amide bonds. The highest BCUT2D eigenvalue weighted by Gasteiger charge is 2.27. The third-order valence-electron chi connectivity index (χ3n) is 4.75. The van der Waals surface area contributed by atoms with Crippen molar-refractivity contribution in [3.63, 3.8) is 0 Å². The molecule has 27 heavy (non-hydrogen) atoms. The van der Waals surface area contributed by atoms with Crippen molar-refractivity contribution < 1.29 is 29.4 Å². The van der Waals surface area contributed by atoms with Gasteiger partial charge in [-0.2, -0.15) is 0 Å². The zero-order chi connectivity index (χ0) is 20.2. The van der Waals surface area contributed by atoms with Crippen LogP contribution in [-0.4, -0.2) is 107 Å². The number of aldehydes is 1. The first kappa shape index (κ1) is 23.2. The van der Waals surface area contributed by atoms with Gasteiger partial charge in [0.05, 0.1) is 13.1 Å². The van der Waals surface area contributed by atoms with Gasteiger partial charge in [-0.1, -0.05) is 13.3 Å². The van der Waals surface area contributed by atoms with E-state index in [9.17, 15) is 24.3 Å². The number of unbranched alkanes of at least 4 members (excludes halogenated alkanes) is 1. The first-order chi connectivity index (χ1) is 12.9. The molecule has 1 saturated heterocycles. The molecule has 0 saturated carbocycles. The van der Waals surface area contributed by atoms with Gasteiger partial charge in [0.15, 0.2) is 0 Å². The average molecular weight is 385 g/mol. The van der Waals surface area contributed by atoms with Crippen LogP contribution in [0.25, 0.3) is 0 Å². The normalized spacial score (nSPS) is 18.9. The monoisotopic (exact) mass is 385 g/mol. The van der Waals surface area contributed by atoms with Gasteiger partial charge in [-0.25, -0.2) is 0 Å². The van der Waals surface area contributed by atoms with Gasteiger partial charge in [-0.3, -0.25) is 29.1 Å². The summed E-state index contributed by atoms with van der Waals surface area (Å²) >= 11 is 0. The second-order valence-electron chi connectivity index (χ2n) is 6.88. The van der Waals surface area contributed by atoms with Crippen molar-refractivity contribution >= 4 is 24.0 Å². The Kier molecular flexibility index (Phi) is 10.8. The summed E-state index contributed by atoms with van der Waals surface area (Å²) in [6.45, 7) is 4.86. The fourth-order valence-corrected chi connectivity index (χ4v) is 3.18. The van der Waals surface area contributed by atoms with E-state index in [1.165, 1.54) is 0 Å². The number of hydrogen-bond donors (Lipinski definition) is 2. The van der Waals surface area contributed by atoms with E-state index in [2.05, 4.69) is 0 Å². The number of nitrogens with zero attached hydrogens (tertiary/aromatic N) is 3. The zero-order valence-corrected chi connectivity index (χ0v) is 16.0. The van der Waals surface area contributed by atoms with E-state index in [1.54, 1.807) is 9.80 Å². The molecule has 1 atom stereocenters. The minimum atomic E-state index is -1.07. The smallest absolute Gasteiger partial charge is 0.321 e. The number of carboxylic acids is 2. The number of carboxylic acid groups (broad SMARTS) is 2. The number of hydrogen-bond acceptors (Lipinski definition) is 7. The van der Waals surface area contributed by atoms with E-state index in [0.717, 1.165) is 12.8 Å². The van der Waals surface area contributed by atoms with Crippen LogP contribution in [0.2, 0.25) is 0 Å². The van der Waals surface area contributed by atoms with E-state index in [0.29, 0.717) is 52.0 Å². The van der Waals surface area contributed by atoms with Crippen LogP contribution in [-0.2, 0) is 19.2 Å². The maximum absolute atomic E-state index is 12.1. The second-order valence-corrected chi connectivity index (χ2v) is 6.88. The first-order valence-electron chi connectivity index (χ1n) is 9.46. The van der Waals surface area contributed by atoms with Crippen molar-refractivity contribution in [3.05, 3.63) is 0 Å². The molecule has 1 aliphatic rings. The summed E-state index contributed by atoms with van der Waals surface area (Å²) < 4.78 is 0. The van der Waals surface area contributed by atoms with Gasteiger partial charge in [0.2, 0.25) is 0 Å². The molecule has 1 fully saturated rings. The Morgan fingerprint density at radius 3 is 2.00 bits per heavy atom. The van der Waals surface area contributed by atoms with E-state index in [4.69, 9.17) is 5.11 Å². The minimum absolute atomic E-state index is 0.121. The predicted octanol–water partition coefficient (Wildman–Crippen LogP) is -0.208. The number of carbonyl (C=O) groups excluding carboxylic acids is 2. The van der Waals surface area contributed by atoms with Crippen molar-refractivity contribution in [2.75, 3.05) is 52.4 Å². The summed E-state index contributed by atoms with van der Waals surface area (Å²) in [4.78, 5) is 51.0. The Morgan fingerprint density at radius 1 is 0.963 bits per heavy atom. The highest BCUT2D eigenvalue weighted by atomic mass is 16.4. The first-order valence-corrected chi connectivity index (χ1v) is 9.46. The van der Waals surface area contributed by atoms with Crippen LogP contribution >= 0.6 is 0 Å². The second kappa shape index (κ2) is 12.5. The molecule has 1 unspecified atom stereocenters. The third kappa shape index (κ3) is 9.07. The van der Waals surface area contributed by atoms with Gasteiger partial charge in [0, 0.05) is 52.1 Å². The number of rotatable bonds is 11. The molecule has 1 heterocycles. The fraction of sp³-hybridized carbons (Fsp3) is 0.778. The summed E-state index contributed by atoms with van der Waals surface area (Å²) in [6, 6.07) is -0.940. The molecule has 9 heteroatoms. The lowest BCUT2D eigenvalue weighted by Crippen LogP contribution is -2.47. The minimum Gasteiger partial charge on any atom is -0.480 e. The van der Waals surface area contributed by atoms with Crippen molar-refractivity contribution in [3.8, 4) is 0 Å². The molecular formula is C18H31N3O6. The quantitative estimate of drug-likeness (QED) is 0.466. The Morgan fingerprint density at radius 2 is 1.52 bits per heavy atom. The number of carbonyl (C=O) groups is 4. The van der Waals surface area contributed by atoms with Crippen molar-refractivity contribution in [2.45, 2.75) is 38.6 Å². The van der Waals surface area contributed by atoms with Crippen molar-refractivity contribution in [1.29, 1.82) is 0 Å². The highest BCUT2D eigenvalue weighted by Crippen LogP contribution is 2.08. The zero-order valence-electron chi connectivity index (χ0n) is 16.0. The molecular weight excluding hydrogens is 354 g/mol. The molecule has 2 N–H and O–H groups in total. The van der Waals surface area contributed by atoms with Gasteiger partial charge in [-0.15, -0.1) is 0 Å². The summed E-state index contributed by atoms with van der Waals surface area (Å²) in [5, 5.41) is 18.5. The fourth-order valence-electron chi connectivity index (χ4n) is 3.18. The molecule has 0 aliphatic carbocycles. The van der Waals surface area contributed by atoms with E-state index >= 15 is 0 Å². The standard InChI is InChI=1S/C18H31N3O6/c1-2-3-4-15(23)13-19-6-7-20(14-17(24)25)9-11-21(10-8-19)16(5-12-22)18(26)27/h12,16H,2-11,13-14H2,1H3,(H,24,25)(H,26,27). The molecule has 1 aliphatic heterocycles. The summed E-state index contributed by atoms with van der Waals surface area (Å²) in [6.07, 6.45) is 2.76. The average Bonchev–Trinajstić information content (AvgIpc) is 2.69. The summed E-state index contributed by atoms with van der Waals surface area (Å²) in [7, 11) is 0. The van der Waals surface area contributed by atoms with Gasteiger partial charge < -0.3 is 15.0 Å². The SMILES string of the molecule is CCCCC(=O)CN1CCN(CC(=O)O)CCN(C(CC=O)C(=O)O)CC1. The van der Waals surface area contributed by atoms with Crippen LogP contribution < -0.4 is 0 Å². The molecule has 0 radical (unpaired) electrons. The molecule has 0 aromatic carbocycles. The molecule has 0 bridgehead atoms. The van der Waals surface area contributed by atoms with Crippen LogP contribution in [0.4, 0.5) is 0 Å². The topological polar surface area (TPSA) is 118 Å². The Balaban J connectivity index is 2.85. The number of Topliss-reactive ketones (excluding diaryl/α,β-unsaturated/α-hetero) is 1. The van der Waals surface area contributed by atoms with Crippen LogP contribution in [0.5, 0.6) is 0 Å². The molecule has 0 spiro atoms. The molecule has 9 nitrogen and oxygen atoms in total. The van der Waals surface area contributed by atoms with Gasteiger partial charge in [0.25, 0.3) is 0 Å². The maximum atomic E-state index is 12.1. The Bertz CT molecular complexity index is 513. The molecule has 0 aromatic rings. The lowest BCUT2D eigenvalue weighted by atomic mass is 10.1. The third-order valence-corrected chi connectivity index (χ3v) is 4.75. The van der Waals surface area contributed by atoms with Crippen molar-refractivity contribution in [1.82, 2.24) is 14.7 Å². The predicted molar refractivity (Wildman–Crippen MR) is 98.7 cm³/mol. The van der Waals surface area contributed by atoms with E-state index in [1.807, 2.05) is 11.8 Å². The van der Waals surface area contributed by atoms with Crippen LogP contribution in [0.15, 0.2) is 0 Å². The Hall–Kier alpha value is -1.84. The van der Waals surface area contributed by atoms with E-state index < -0.39 is 18.0 Å². The van der Waals surface area contributed by atoms with Crippen molar-refractivity contribution in [2.24, 2.45) is 0 Å². The number of aliphatic carboxylic acids is 2. The molecule has 0 aromatic heterocycles. The Labute approximate surface area is 159 Å². The van der Waals surface area contributed by atoms with Gasteiger partial charge in [-0.05, 0) is 6.42 Å².